The van der Waals surface area contributed by atoms with E-state index in [1.54, 1.807) is 26.4 Å². The number of likely N-dealkylation sites (N-methyl/N-ethyl adjacent to an activating group) is 1. The van der Waals surface area contributed by atoms with Crippen LogP contribution in [0.4, 0.5) is 10.1 Å². The number of amides is 1. The van der Waals surface area contributed by atoms with Crippen molar-refractivity contribution in [3.8, 4) is 11.5 Å². The molecule has 0 unspecified atom stereocenters. The molecule has 0 fully saturated rings. The molecule has 0 spiro atoms. The lowest BCUT2D eigenvalue weighted by Gasteiger charge is -2.28. The van der Waals surface area contributed by atoms with Gasteiger partial charge in [0.2, 0.25) is 5.91 Å². The fourth-order valence-corrected chi connectivity index (χ4v) is 3.33. The molecule has 1 N–H and O–H groups in total. The van der Waals surface area contributed by atoms with Gasteiger partial charge in [0.15, 0.2) is 0 Å². The fraction of sp³-hybridized carbons (Fsp3) is 0.208. The first-order chi connectivity index (χ1) is 14.5. The second-order valence-corrected chi connectivity index (χ2v) is 6.90. The van der Waals surface area contributed by atoms with Crippen molar-refractivity contribution in [2.75, 3.05) is 26.6 Å². The lowest BCUT2D eigenvalue weighted by Crippen LogP contribution is -2.34. The Hall–Kier alpha value is -3.38. The maximum Gasteiger partial charge on any atom is 0.246 e. The van der Waals surface area contributed by atoms with Crippen molar-refractivity contribution < 1.29 is 18.7 Å². The highest BCUT2D eigenvalue weighted by atomic mass is 19.1. The summed E-state index contributed by atoms with van der Waals surface area (Å²) in [5, 5.41) is 2.88. The Kier molecular flexibility index (Phi) is 7.03. The smallest absolute Gasteiger partial charge is 0.246 e. The zero-order chi connectivity index (χ0) is 21.5. The average molecular weight is 408 g/mol. The maximum atomic E-state index is 13.2. The van der Waals surface area contributed by atoms with Gasteiger partial charge in [-0.2, -0.15) is 0 Å². The molecule has 0 aliphatic heterocycles. The SMILES string of the molecule is COc1ccc(CN(C)[C@@H](C(=O)Nc2ccc(F)cc2)c2ccccc2)c(OC)c1. The Morgan fingerprint density at radius 3 is 2.33 bits per heavy atom. The van der Waals surface area contributed by atoms with Crippen LogP contribution in [0.15, 0.2) is 72.8 Å². The van der Waals surface area contributed by atoms with Crippen LogP contribution in [0.1, 0.15) is 17.2 Å². The van der Waals surface area contributed by atoms with E-state index >= 15 is 0 Å². The summed E-state index contributed by atoms with van der Waals surface area (Å²) < 4.78 is 24.0. The van der Waals surface area contributed by atoms with Crippen LogP contribution < -0.4 is 14.8 Å². The number of nitrogens with one attached hydrogen (secondary N) is 1. The summed E-state index contributed by atoms with van der Waals surface area (Å²) in [7, 11) is 5.09. The van der Waals surface area contributed by atoms with E-state index < -0.39 is 6.04 Å². The van der Waals surface area contributed by atoms with E-state index in [4.69, 9.17) is 9.47 Å². The van der Waals surface area contributed by atoms with Gasteiger partial charge in [-0.1, -0.05) is 36.4 Å². The van der Waals surface area contributed by atoms with Crippen molar-refractivity contribution >= 4 is 11.6 Å². The summed E-state index contributed by atoms with van der Waals surface area (Å²) in [6.45, 7) is 0.476. The number of carbonyl (C=O) groups is 1. The predicted octanol–water partition coefficient (Wildman–Crippen LogP) is 4.65. The van der Waals surface area contributed by atoms with E-state index in [1.807, 2.05) is 60.5 Å². The third-order valence-corrected chi connectivity index (χ3v) is 4.83. The molecule has 0 saturated carbocycles. The second kappa shape index (κ2) is 9.89. The first kappa shape index (κ1) is 21.3. The van der Waals surface area contributed by atoms with E-state index in [9.17, 15) is 9.18 Å². The van der Waals surface area contributed by atoms with Crippen molar-refractivity contribution in [3.05, 3.63) is 89.7 Å². The number of carbonyl (C=O) groups excluding carboxylic acids is 1. The number of methoxy groups -OCH3 is 2. The van der Waals surface area contributed by atoms with Crippen LogP contribution in [0.5, 0.6) is 11.5 Å². The Morgan fingerprint density at radius 2 is 1.70 bits per heavy atom. The van der Waals surface area contributed by atoms with Gasteiger partial charge in [-0.05, 0) is 42.9 Å². The van der Waals surface area contributed by atoms with Gasteiger partial charge in [0.05, 0.1) is 14.2 Å². The van der Waals surface area contributed by atoms with Gasteiger partial charge in [-0.25, -0.2) is 4.39 Å². The zero-order valence-electron chi connectivity index (χ0n) is 17.3. The fourth-order valence-electron chi connectivity index (χ4n) is 3.33. The summed E-state index contributed by atoms with van der Waals surface area (Å²) in [5.74, 6) is 0.831. The van der Waals surface area contributed by atoms with E-state index in [0.29, 0.717) is 23.7 Å². The lowest BCUT2D eigenvalue weighted by atomic mass is 10.0. The van der Waals surface area contributed by atoms with Crippen LogP contribution in [0, 0.1) is 5.82 Å². The van der Waals surface area contributed by atoms with Gasteiger partial charge >= 0.3 is 0 Å². The van der Waals surface area contributed by atoms with Gasteiger partial charge in [0.25, 0.3) is 0 Å². The number of ether oxygens (including phenoxy) is 2. The molecule has 0 aliphatic carbocycles. The molecule has 0 aromatic heterocycles. The van der Waals surface area contributed by atoms with Gasteiger partial charge in [0, 0.05) is 23.9 Å². The van der Waals surface area contributed by atoms with Gasteiger partial charge in [0.1, 0.15) is 23.4 Å². The molecule has 1 atom stereocenters. The number of rotatable bonds is 8. The van der Waals surface area contributed by atoms with Crippen molar-refractivity contribution in [2.24, 2.45) is 0 Å². The molecule has 6 heteroatoms. The molecule has 3 aromatic rings. The van der Waals surface area contributed by atoms with E-state index in [-0.39, 0.29) is 11.7 Å². The van der Waals surface area contributed by atoms with Crippen LogP contribution in [-0.2, 0) is 11.3 Å². The molecule has 0 bridgehead atoms. The van der Waals surface area contributed by atoms with E-state index in [1.165, 1.54) is 12.1 Å². The van der Waals surface area contributed by atoms with E-state index in [0.717, 1.165) is 11.1 Å². The highest BCUT2D eigenvalue weighted by Crippen LogP contribution is 2.29. The predicted molar refractivity (Wildman–Crippen MR) is 115 cm³/mol. The molecule has 0 radical (unpaired) electrons. The monoisotopic (exact) mass is 408 g/mol. The molecule has 0 heterocycles. The largest absolute Gasteiger partial charge is 0.497 e. The Bertz CT molecular complexity index is 978. The summed E-state index contributed by atoms with van der Waals surface area (Å²) in [6, 6.07) is 20.3. The minimum atomic E-state index is -0.553. The number of halogens is 1. The topological polar surface area (TPSA) is 50.8 Å². The third kappa shape index (κ3) is 5.15. The highest BCUT2D eigenvalue weighted by Gasteiger charge is 2.26. The number of anilines is 1. The first-order valence-electron chi connectivity index (χ1n) is 9.54. The van der Waals surface area contributed by atoms with Gasteiger partial charge < -0.3 is 14.8 Å². The van der Waals surface area contributed by atoms with E-state index in [2.05, 4.69) is 5.32 Å². The molecule has 0 aliphatic rings. The minimum absolute atomic E-state index is 0.206. The van der Waals surface area contributed by atoms with Crippen LogP contribution in [-0.4, -0.2) is 32.1 Å². The van der Waals surface area contributed by atoms with Gasteiger partial charge in [-0.15, -0.1) is 0 Å². The third-order valence-electron chi connectivity index (χ3n) is 4.83. The van der Waals surface area contributed by atoms with Crippen LogP contribution in [0.2, 0.25) is 0 Å². The van der Waals surface area contributed by atoms with Crippen molar-refractivity contribution in [1.82, 2.24) is 4.90 Å². The van der Waals surface area contributed by atoms with Crippen molar-refractivity contribution in [1.29, 1.82) is 0 Å². The number of hydrogen-bond acceptors (Lipinski definition) is 4. The molecule has 156 valence electrons. The summed E-state index contributed by atoms with van der Waals surface area (Å²) >= 11 is 0. The molecule has 1 amide bonds. The second-order valence-electron chi connectivity index (χ2n) is 6.90. The van der Waals surface area contributed by atoms with Gasteiger partial charge in [-0.3, -0.25) is 9.69 Å². The molecular formula is C24H25FN2O3. The number of nitrogens with zero attached hydrogens (tertiary/aromatic N) is 1. The van der Waals surface area contributed by atoms with Crippen molar-refractivity contribution in [2.45, 2.75) is 12.6 Å². The number of hydrogen-bond donors (Lipinski definition) is 1. The molecule has 30 heavy (non-hydrogen) atoms. The summed E-state index contributed by atoms with van der Waals surface area (Å²) in [4.78, 5) is 15.1. The Labute approximate surface area is 176 Å². The van der Waals surface area contributed by atoms with Crippen LogP contribution >= 0.6 is 0 Å². The summed E-state index contributed by atoms with van der Waals surface area (Å²) in [6.07, 6.45) is 0. The highest BCUT2D eigenvalue weighted by molar-refractivity contribution is 5.95. The quantitative estimate of drug-likeness (QED) is 0.589. The standard InChI is InChI=1S/C24H25FN2O3/c1-27(16-18-9-14-21(29-2)15-22(18)30-3)23(17-7-5-4-6-8-17)24(28)26-20-12-10-19(25)11-13-20/h4-15,23H,16H2,1-3H3,(H,26,28)/t23-/m1/s1. The Morgan fingerprint density at radius 1 is 1.00 bits per heavy atom. The minimum Gasteiger partial charge on any atom is -0.497 e. The molecular weight excluding hydrogens is 383 g/mol. The molecule has 5 nitrogen and oxygen atoms in total. The number of benzene rings is 3. The van der Waals surface area contributed by atoms with Crippen molar-refractivity contribution in [3.63, 3.8) is 0 Å². The normalized spacial score (nSPS) is 11.8. The zero-order valence-corrected chi connectivity index (χ0v) is 17.3. The maximum absolute atomic E-state index is 13.2. The lowest BCUT2D eigenvalue weighted by molar-refractivity contribution is -0.121. The molecule has 3 aromatic carbocycles. The average Bonchev–Trinajstić information content (AvgIpc) is 2.76. The molecule has 3 rings (SSSR count). The van der Waals surface area contributed by atoms with Crippen LogP contribution in [0.3, 0.4) is 0 Å². The first-order valence-corrected chi connectivity index (χ1v) is 9.54. The Balaban J connectivity index is 1.87. The summed E-state index contributed by atoms with van der Waals surface area (Å²) in [5.41, 5.74) is 2.32. The van der Waals surface area contributed by atoms with Crippen LogP contribution in [0.25, 0.3) is 0 Å². The molecule has 0 saturated heterocycles.